The Labute approximate surface area is 90.3 Å². The second-order valence-electron chi connectivity index (χ2n) is 2.92. The number of hydrogen-bond acceptors (Lipinski definition) is 2. The fraction of sp³-hybridized carbons (Fsp3) is 0.333. The van der Waals surface area contributed by atoms with E-state index in [9.17, 15) is 0 Å². The Morgan fingerprint density at radius 1 is 1.62 bits per heavy atom. The van der Waals surface area contributed by atoms with Gasteiger partial charge in [0, 0.05) is 11.4 Å². The second kappa shape index (κ2) is 3.56. The number of nitrogens with zero attached hydrogens (tertiary/aromatic N) is 1. The lowest BCUT2D eigenvalue weighted by Gasteiger charge is -2.16. The molecule has 0 N–H and O–H groups in total. The molecule has 0 bridgehead atoms. The average molecular weight is 232 g/mol. The molecule has 0 aliphatic carbocycles. The summed E-state index contributed by atoms with van der Waals surface area (Å²) in [5.41, 5.74) is 1.16. The van der Waals surface area contributed by atoms with Crippen molar-refractivity contribution in [2.24, 2.45) is 0 Å². The van der Waals surface area contributed by atoms with Gasteiger partial charge in [-0.1, -0.05) is 27.1 Å². The Kier molecular flexibility index (Phi) is 2.58. The lowest BCUT2D eigenvalue weighted by atomic mass is 10.3. The molecule has 0 saturated carbocycles. The van der Waals surface area contributed by atoms with Crippen molar-refractivity contribution in [2.45, 2.75) is 11.8 Å². The number of fused-ring (bicyclic) bond motifs is 1. The Balaban J connectivity index is 2.58. The van der Waals surface area contributed by atoms with E-state index in [1.165, 1.54) is 4.90 Å². The Bertz CT molecular complexity index is 365. The highest BCUT2D eigenvalue weighted by Gasteiger charge is 2.23. The summed E-state index contributed by atoms with van der Waals surface area (Å²) in [6, 6.07) is 6.00. The molecule has 13 heavy (non-hydrogen) atoms. The van der Waals surface area contributed by atoms with E-state index < -0.39 is 0 Å². The Hall–Kier alpha value is -0.120. The molecule has 1 aliphatic heterocycles. The molecule has 1 atom stereocenters. The van der Waals surface area contributed by atoms with Crippen molar-refractivity contribution in [2.75, 3.05) is 17.3 Å². The fourth-order valence-corrected chi connectivity index (χ4v) is 4.07. The third-order valence-electron chi connectivity index (χ3n) is 2.17. The zero-order chi connectivity index (χ0) is 9.42. The minimum Gasteiger partial charge on any atom is -0.360 e. The number of benzene rings is 1. The van der Waals surface area contributed by atoms with Crippen LogP contribution in [0.15, 0.2) is 23.1 Å². The van der Waals surface area contributed by atoms with E-state index in [1.807, 2.05) is 12.1 Å². The Morgan fingerprint density at radius 3 is 3.08 bits per heavy atom. The molecule has 1 aromatic rings. The van der Waals surface area contributed by atoms with Crippen LogP contribution in [0.5, 0.6) is 0 Å². The van der Waals surface area contributed by atoms with Crippen LogP contribution in [0.4, 0.5) is 5.69 Å². The number of hydrogen-bond donors (Lipinski definition) is 0. The van der Waals surface area contributed by atoms with Gasteiger partial charge in [0.25, 0.3) is 0 Å². The highest BCUT2D eigenvalue weighted by atomic mass is 35.5. The summed E-state index contributed by atoms with van der Waals surface area (Å²) in [7, 11) is -0.0632. The summed E-state index contributed by atoms with van der Waals surface area (Å²) in [6.07, 6.45) is 0. The molecule has 0 fully saturated rings. The topological polar surface area (TPSA) is 3.24 Å². The van der Waals surface area contributed by atoms with Crippen LogP contribution in [0.1, 0.15) is 6.92 Å². The van der Waals surface area contributed by atoms with Crippen LogP contribution in [-0.2, 0) is 20.6 Å². The molecular formula is C9H10ClNS2. The van der Waals surface area contributed by atoms with Crippen LogP contribution < -0.4 is 4.90 Å². The van der Waals surface area contributed by atoms with Gasteiger partial charge >= 0.3 is 0 Å². The van der Waals surface area contributed by atoms with E-state index in [4.69, 9.17) is 22.8 Å². The minimum absolute atomic E-state index is 0.0632. The average Bonchev–Trinajstić information content (AvgIpc) is 2.45. The first-order valence-electron chi connectivity index (χ1n) is 4.16. The highest BCUT2D eigenvalue weighted by molar-refractivity contribution is 8.29. The van der Waals surface area contributed by atoms with Crippen molar-refractivity contribution >= 4 is 37.9 Å². The predicted octanol–water partition coefficient (Wildman–Crippen LogP) is 2.58. The van der Waals surface area contributed by atoms with Gasteiger partial charge in [-0.2, -0.15) is 0 Å². The molecular weight excluding hydrogens is 222 g/mol. The van der Waals surface area contributed by atoms with E-state index in [0.717, 1.165) is 23.1 Å². The lowest BCUT2D eigenvalue weighted by molar-refractivity contribution is 0.951. The smallest absolute Gasteiger partial charge is 0.0730 e. The van der Waals surface area contributed by atoms with Gasteiger partial charge in [-0.3, -0.25) is 0 Å². The van der Waals surface area contributed by atoms with E-state index in [0.29, 0.717) is 0 Å². The molecule has 1 nitrogen and oxygen atoms in total. The van der Waals surface area contributed by atoms with Crippen LogP contribution >= 0.6 is 11.6 Å². The maximum atomic E-state index is 6.12. The largest absolute Gasteiger partial charge is 0.360 e. The SMILES string of the molecule is CCN1CS(=S)c2cccc(Cl)c21. The van der Waals surface area contributed by atoms with Crippen LogP contribution in [0, 0.1) is 0 Å². The molecule has 70 valence electrons. The molecule has 4 heteroatoms. The number of rotatable bonds is 1. The molecule has 0 radical (unpaired) electrons. The predicted molar refractivity (Wildman–Crippen MR) is 62.3 cm³/mol. The maximum absolute atomic E-state index is 6.12. The summed E-state index contributed by atoms with van der Waals surface area (Å²) in [4.78, 5) is 3.50. The minimum atomic E-state index is -0.0632. The van der Waals surface area contributed by atoms with E-state index in [2.05, 4.69) is 17.9 Å². The summed E-state index contributed by atoms with van der Waals surface area (Å²) in [5, 5.41) is 0.833. The lowest BCUT2D eigenvalue weighted by Crippen LogP contribution is -2.20. The molecule has 1 aliphatic rings. The van der Waals surface area contributed by atoms with Gasteiger partial charge in [0.15, 0.2) is 0 Å². The van der Waals surface area contributed by atoms with E-state index in [-0.39, 0.29) is 9.45 Å². The van der Waals surface area contributed by atoms with Crippen molar-refractivity contribution in [1.29, 1.82) is 0 Å². The highest BCUT2D eigenvalue weighted by Crippen LogP contribution is 2.37. The molecule has 0 saturated heterocycles. The molecule has 1 aromatic carbocycles. The van der Waals surface area contributed by atoms with Crippen molar-refractivity contribution in [1.82, 2.24) is 0 Å². The van der Waals surface area contributed by atoms with Crippen molar-refractivity contribution in [3.63, 3.8) is 0 Å². The third-order valence-corrected chi connectivity index (χ3v) is 4.69. The monoisotopic (exact) mass is 231 g/mol. The van der Waals surface area contributed by atoms with Gasteiger partial charge in [-0.05, 0) is 30.2 Å². The van der Waals surface area contributed by atoms with E-state index in [1.54, 1.807) is 0 Å². The molecule has 0 spiro atoms. The van der Waals surface area contributed by atoms with Gasteiger partial charge in [-0.25, -0.2) is 0 Å². The fourth-order valence-electron chi connectivity index (χ4n) is 1.51. The number of para-hydroxylation sites is 1. The number of halogens is 1. The third kappa shape index (κ3) is 1.49. The molecule has 0 aromatic heterocycles. The van der Waals surface area contributed by atoms with Crippen LogP contribution in [0.3, 0.4) is 0 Å². The summed E-state index contributed by atoms with van der Waals surface area (Å²) in [5.74, 6) is 0.949. The van der Waals surface area contributed by atoms with Gasteiger partial charge in [0.05, 0.1) is 16.6 Å². The summed E-state index contributed by atoms with van der Waals surface area (Å²) in [6.45, 7) is 3.11. The van der Waals surface area contributed by atoms with Crippen LogP contribution in [0.25, 0.3) is 0 Å². The zero-order valence-corrected chi connectivity index (χ0v) is 9.68. The quantitative estimate of drug-likeness (QED) is 0.731. The maximum Gasteiger partial charge on any atom is 0.0730 e. The van der Waals surface area contributed by atoms with Gasteiger partial charge < -0.3 is 4.90 Å². The molecule has 2 rings (SSSR count). The Morgan fingerprint density at radius 2 is 2.38 bits per heavy atom. The van der Waals surface area contributed by atoms with Crippen molar-refractivity contribution < 1.29 is 0 Å². The van der Waals surface area contributed by atoms with Gasteiger partial charge in [0.1, 0.15) is 0 Å². The first-order valence-corrected chi connectivity index (χ1v) is 6.85. The standard InChI is InChI=1S/C9H10ClNS2/c1-2-11-6-13(12)8-5-3-4-7(10)9(8)11/h3-5H,2,6H2,1H3. The van der Waals surface area contributed by atoms with Crippen molar-refractivity contribution in [3.05, 3.63) is 23.2 Å². The number of anilines is 1. The first kappa shape index (κ1) is 9.44. The first-order chi connectivity index (χ1) is 6.24. The van der Waals surface area contributed by atoms with E-state index >= 15 is 0 Å². The molecule has 1 heterocycles. The van der Waals surface area contributed by atoms with Gasteiger partial charge in [-0.15, -0.1) is 0 Å². The normalized spacial score (nSPS) is 20.5. The summed E-state index contributed by atoms with van der Waals surface area (Å²) >= 11 is 11.5. The zero-order valence-electron chi connectivity index (χ0n) is 7.29. The van der Waals surface area contributed by atoms with Crippen LogP contribution in [-0.4, -0.2) is 12.4 Å². The van der Waals surface area contributed by atoms with Crippen LogP contribution in [0.2, 0.25) is 5.02 Å². The van der Waals surface area contributed by atoms with Crippen molar-refractivity contribution in [3.8, 4) is 0 Å². The molecule has 1 unspecified atom stereocenters. The summed E-state index contributed by atoms with van der Waals surface area (Å²) < 4.78 is 0. The molecule has 0 amide bonds. The second-order valence-corrected chi connectivity index (χ2v) is 5.92. The van der Waals surface area contributed by atoms with Gasteiger partial charge in [0.2, 0.25) is 0 Å².